The van der Waals surface area contributed by atoms with E-state index in [4.69, 9.17) is 54.3 Å². The number of aromatic nitrogens is 3. The number of hydrogen-bond acceptors (Lipinski definition) is 20. The minimum atomic E-state index is -1.53. The van der Waals surface area contributed by atoms with E-state index >= 15 is 0 Å². The molecule has 0 saturated carbocycles. The Morgan fingerprint density at radius 2 is 0.821 bits per heavy atom. The Kier molecular flexibility index (Phi) is 27.8. The predicted molar refractivity (Wildman–Crippen MR) is 436 cm³/mol. The zero-order chi connectivity index (χ0) is 83.9. The number of Topliss-reactive ketones (excluding diaryl/α,β-unsaturated/α-hetero) is 2. The number of hydrogen-bond donors (Lipinski definition) is 7. The molecule has 10 aromatic rings. The molecule has 3 saturated heterocycles. The largest absolute Gasteiger partial charge is 0.493 e. The number of amides is 2. The first-order valence-corrected chi connectivity index (χ1v) is 38.8. The number of carbonyl (C=O) groups is 4. The van der Waals surface area contributed by atoms with Crippen LogP contribution in [0.2, 0.25) is 0 Å². The first kappa shape index (κ1) is 86.4. The van der Waals surface area contributed by atoms with Crippen molar-refractivity contribution in [3.05, 3.63) is 280 Å². The molecule has 0 aliphatic carbocycles. The minimum Gasteiger partial charge on any atom is -0.493 e. The molecule has 8 N–H and O–H groups in total. The van der Waals surface area contributed by atoms with Crippen LogP contribution in [0.4, 0.5) is 22.8 Å². The second-order valence-electron chi connectivity index (χ2n) is 30.6. The molecule has 6 atom stereocenters. The number of aliphatic hydroxyl groups excluding tert-OH is 2. The van der Waals surface area contributed by atoms with E-state index in [-0.39, 0.29) is 101 Å². The van der Waals surface area contributed by atoms with Crippen molar-refractivity contribution in [2.45, 2.75) is 133 Å². The van der Waals surface area contributed by atoms with E-state index in [0.29, 0.717) is 98.9 Å². The van der Waals surface area contributed by atoms with Crippen molar-refractivity contribution in [3.8, 4) is 56.8 Å². The molecule has 0 radical (unpaired) electrons. The molecule has 614 valence electrons. The van der Waals surface area contributed by atoms with E-state index in [9.17, 15) is 47.7 Å². The highest BCUT2D eigenvalue weighted by atomic mass is 19.1. The normalized spacial score (nSPS) is 18.2. The molecule has 6 heterocycles. The average Bonchev–Trinajstić information content (AvgIpc) is 0.744. The van der Waals surface area contributed by atoms with Crippen molar-refractivity contribution in [2.24, 2.45) is 5.73 Å². The molecular weight excluding hydrogens is 1500 g/mol. The topological polar surface area (TPSA) is 308 Å². The fourth-order valence-electron chi connectivity index (χ4n) is 13.9. The molecule has 3 fully saturated rings. The summed E-state index contributed by atoms with van der Waals surface area (Å²) in [6.07, 6.45) is 1.76. The number of ether oxygens (including phenoxy) is 6. The van der Waals surface area contributed by atoms with Crippen LogP contribution in [-0.2, 0) is 56.1 Å². The van der Waals surface area contributed by atoms with Crippen LogP contribution in [0.1, 0.15) is 152 Å². The molecule has 0 bridgehead atoms. The van der Waals surface area contributed by atoms with Crippen molar-refractivity contribution in [1.29, 1.82) is 0 Å². The van der Waals surface area contributed by atoms with Crippen LogP contribution in [0.5, 0.6) is 23.0 Å². The summed E-state index contributed by atoms with van der Waals surface area (Å²) < 4.78 is 73.5. The summed E-state index contributed by atoms with van der Waals surface area (Å²) in [5.74, 6) is 0.152. The Morgan fingerprint density at radius 1 is 0.470 bits per heavy atom. The number of benzene rings is 7. The van der Waals surface area contributed by atoms with Crippen LogP contribution >= 0.6 is 0 Å². The molecular formula is C92H100F3N7O15. The second kappa shape index (κ2) is 37.7. The van der Waals surface area contributed by atoms with Gasteiger partial charge in [0.15, 0.2) is 34.6 Å². The van der Waals surface area contributed by atoms with Gasteiger partial charge in [-0.25, -0.2) is 37.7 Å². The van der Waals surface area contributed by atoms with Gasteiger partial charge in [0.25, 0.3) is 0 Å². The average molecular weight is 1600 g/mol. The fraction of sp³-hybridized carbons (Fsp3) is 0.337. The maximum absolute atomic E-state index is 13.8. The van der Waals surface area contributed by atoms with E-state index in [0.717, 1.165) is 52.8 Å². The van der Waals surface area contributed by atoms with E-state index in [1.807, 2.05) is 98.8 Å². The highest BCUT2D eigenvalue weighted by Crippen LogP contribution is 2.46. The molecule has 7 aromatic carbocycles. The van der Waals surface area contributed by atoms with Crippen LogP contribution in [0, 0.1) is 17.5 Å². The monoisotopic (exact) mass is 1600 g/mol. The number of aliphatic hydroxyl groups is 5. The predicted octanol–water partition coefficient (Wildman–Crippen LogP) is 15.1. The number of nitrogens with two attached hydrogens (primary N) is 1. The molecule has 3 aliphatic rings. The third-order valence-corrected chi connectivity index (χ3v) is 22.0. The van der Waals surface area contributed by atoms with Gasteiger partial charge in [0, 0.05) is 65.8 Å². The highest BCUT2D eigenvalue weighted by molar-refractivity contribution is 5.97. The van der Waals surface area contributed by atoms with Gasteiger partial charge in [-0.15, -0.1) is 0 Å². The molecule has 3 aliphatic heterocycles. The molecule has 13 rings (SSSR count). The van der Waals surface area contributed by atoms with Crippen LogP contribution in [0.3, 0.4) is 0 Å². The Labute approximate surface area is 679 Å². The number of nitrogens with one attached hydrogen (secondary N) is 1. The lowest BCUT2D eigenvalue weighted by atomic mass is 9.78. The van der Waals surface area contributed by atoms with E-state index < -0.39 is 45.9 Å². The second-order valence-corrected chi connectivity index (χ2v) is 30.6. The standard InChI is InChI=1S/C37H39FN2O7.C29H33FN2O5.C26H28FN3O3/c1-36(17-18-40(36)35(43)47-24-25-7-5-4-6-8-25)28-22-30(26-9-12-29(38)13-10-26)39-34(23-28)37(2,44)16-15-31(42)27-11-14-32(46-20-19-41)33(21-27)45-3;1-28(12-13-31-28)21-17-23(19-4-7-22(30)8-5-19)32-27(18-21)29(2,35)11-10-24(34)20-6-9-25(37-15-14-33)26(16-20)36-3;1-25(12-13-30(25)24(31)33-16-18-6-4-3-5-7-18)20-14-22(19-8-10-21(27)11-9-19)29-23(15-20)26(2,32)17-28/h4-14,21-23,41,44H,15-20,24H2,1-3H3;4-9,16-18,31,33,35H,10-15H2,1-3H3;3-11,14-15,32H,12-13,16-17,28H2,1-2H3/t36-,37?;28-,29?;25-,26?/m000/s1. The zero-order valence-electron chi connectivity index (χ0n) is 66.9. The SMILES string of the molecule is CC(O)(CN)c1cc([C@]2(C)CCN2C(=O)OCc2ccccc2)cc(-c2ccc(F)cc2)n1.COc1cc(C(=O)CCC(C)(O)c2cc([C@]3(C)CCN3)cc(-c3ccc(F)cc3)n2)ccc1OCCO.COc1cc(C(=O)CCC(C)(O)c2cc([C@]3(C)CCN3C(=O)OCc3ccccc3)cc(-c3ccc(F)cc3)n2)ccc1OCCO. The van der Waals surface area contributed by atoms with Crippen molar-refractivity contribution < 1.29 is 86.3 Å². The Bertz CT molecular complexity index is 5100. The van der Waals surface area contributed by atoms with Gasteiger partial charge in [-0.05, 0) is 254 Å². The van der Waals surface area contributed by atoms with Gasteiger partial charge >= 0.3 is 12.2 Å². The van der Waals surface area contributed by atoms with Gasteiger partial charge in [0.1, 0.15) is 60.7 Å². The summed E-state index contributed by atoms with van der Waals surface area (Å²) in [5.41, 5.74) is 10.0. The smallest absolute Gasteiger partial charge is 0.410 e. The van der Waals surface area contributed by atoms with E-state index in [1.54, 1.807) is 116 Å². The summed E-state index contributed by atoms with van der Waals surface area (Å²) in [6, 6.07) is 57.8. The number of likely N-dealkylation sites (tertiary alicyclic amines) is 2. The lowest BCUT2D eigenvalue weighted by molar-refractivity contribution is -0.0108. The molecule has 0 spiro atoms. The zero-order valence-corrected chi connectivity index (χ0v) is 66.9. The number of methoxy groups -OCH3 is 2. The lowest BCUT2D eigenvalue weighted by Crippen LogP contribution is -2.58. The molecule has 22 nitrogen and oxygen atoms in total. The van der Waals surface area contributed by atoms with Gasteiger partial charge < -0.3 is 65.0 Å². The van der Waals surface area contributed by atoms with Crippen molar-refractivity contribution in [1.82, 2.24) is 30.1 Å². The number of nitrogens with zero attached hydrogens (tertiary/aromatic N) is 5. The van der Waals surface area contributed by atoms with Crippen LogP contribution in [-0.4, -0.2) is 141 Å². The quantitative estimate of drug-likeness (QED) is 0.0206. The summed E-state index contributed by atoms with van der Waals surface area (Å²) in [6.45, 7) is 13.0. The number of rotatable bonds is 30. The maximum Gasteiger partial charge on any atom is 0.410 e. The van der Waals surface area contributed by atoms with Crippen molar-refractivity contribution in [2.75, 3.05) is 66.8 Å². The Balaban J connectivity index is 0.000000175. The summed E-state index contributed by atoms with van der Waals surface area (Å²) >= 11 is 0. The first-order chi connectivity index (χ1) is 55.9. The van der Waals surface area contributed by atoms with Crippen LogP contribution in [0.25, 0.3) is 33.8 Å². The number of carbonyl (C=O) groups excluding carboxylic acids is 4. The summed E-state index contributed by atoms with van der Waals surface area (Å²) in [4.78, 5) is 69.8. The van der Waals surface area contributed by atoms with E-state index in [2.05, 4.69) is 17.2 Å². The molecule has 117 heavy (non-hydrogen) atoms. The van der Waals surface area contributed by atoms with E-state index in [1.165, 1.54) is 50.6 Å². The molecule has 3 unspecified atom stereocenters. The third kappa shape index (κ3) is 20.9. The lowest BCUT2D eigenvalue weighted by Gasteiger charge is -2.50. The third-order valence-electron chi connectivity index (χ3n) is 22.0. The summed E-state index contributed by atoms with van der Waals surface area (Å²) in [7, 11) is 2.94. The Morgan fingerprint density at radius 3 is 1.14 bits per heavy atom. The van der Waals surface area contributed by atoms with Gasteiger partial charge in [-0.2, -0.15) is 0 Å². The summed E-state index contributed by atoms with van der Waals surface area (Å²) in [5, 5.41) is 55.5. The molecule has 3 aromatic heterocycles. The number of ketones is 2. The minimum absolute atomic E-state index is 0.00000790. The van der Waals surface area contributed by atoms with Crippen LogP contribution in [0.15, 0.2) is 206 Å². The van der Waals surface area contributed by atoms with Crippen LogP contribution < -0.4 is 30.0 Å². The Hall–Kier alpha value is -11.4. The van der Waals surface area contributed by atoms with Gasteiger partial charge in [-0.3, -0.25) is 19.4 Å². The first-order valence-electron chi connectivity index (χ1n) is 38.8. The fourth-order valence-corrected chi connectivity index (χ4v) is 13.9. The van der Waals surface area contributed by atoms with Gasteiger partial charge in [-0.1, -0.05) is 60.7 Å². The molecule has 2 amide bonds. The maximum atomic E-state index is 13.8. The van der Waals surface area contributed by atoms with Gasteiger partial charge in [0.2, 0.25) is 0 Å². The number of pyridine rings is 3. The highest BCUT2D eigenvalue weighted by Gasteiger charge is 2.49. The van der Waals surface area contributed by atoms with Crippen molar-refractivity contribution in [3.63, 3.8) is 0 Å². The molecule has 25 heteroatoms. The van der Waals surface area contributed by atoms with Gasteiger partial charge in [0.05, 0.1) is 72.7 Å². The number of halogens is 3. The van der Waals surface area contributed by atoms with Crippen molar-refractivity contribution >= 4 is 23.8 Å².